The molecule has 0 aromatic heterocycles. The molecular formula is C5H12Br3NSi. The number of hydrogen-bond donors (Lipinski definition) is 0. The largest absolute Gasteiger partial charge is 0.309 e. The van der Waals surface area contributed by atoms with E-state index in [0.717, 1.165) is 6.54 Å². The number of nitrogens with zero attached hydrogens (tertiary/aromatic N) is 1. The third kappa shape index (κ3) is 9.62. The van der Waals surface area contributed by atoms with Crippen LogP contribution in [0.3, 0.4) is 0 Å². The molecule has 0 N–H and O–H groups in total. The lowest BCUT2D eigenvalue weighted by Gasteiger charge is -2.12. The average molecular weight is 354 g/mol. The second-order valence-corrected chi connectivity index (χ2v) is 26.0. The second kappa shape index (κ2) is 5.30. The van der Waals surface area contributed by atoms with Crippen molar-refractivity contribution in [1.82, 2.24) is 4.90 Å². The van der Waals surface area contributed by atoms with Crippen LogP contribution in [0.2, 0.25) is 6.04 Å². The van der Waals surface area contributed by atoms with Gasteiger partial charge in [0.25, 0.3) is 3.93 Å². The van der Waals surface area contributed by atoms with Crippen LogP contribution in [0.25, 0.3) is 0 Å². The molecule has 5 heteroatoms. The third-order valence-electron chi connectivity index (χ3n) is 1.07. The SMILES string of the molecule is CN(C)CCC[Si](Br)(Br)Br. The topological polar surface area (TPSA) is 3.24 Å². The quantitative estimate of drug-likeness (QED) is 0.554. The smallest absolute Gasteiger partial charge is 0.267 e. The predicted molar refractivity (Wildman–Crippen MR) is 60.5 cm³/mol. The molecule has 0 spiro atoms. The fourth-order valence-corrected chi connectivity index (χ4v) is 3.68. The van der Waals surface area contributed by atoms with Gasteiger partial charge >= 0.3 is 0 Å². The third-order valence-corrected chi connectivity index (χ3v) is 5.55. The fourth-order valence-electron chi connectivity index (χ4n) is 0.596. The zero-order valence-electron chi connectivity index (χ0n) is 6.20. The summed E-state index contributed by atoms with van der Waals surface area (Å²) in [5.41, 5.74) is 0. The van der Waals surface area contributed by atoms with Crippen molar-refractivity contribution in [2.24, 2.45) is 0 Å². The van der Waals surface area contributed by atoms with Crippen molar-refractivity contribution in [2.75, 3.05) is 20.6 Å². The first-order valence-electron chi connectivity index (χ1n) is 3.13. The summed E-state index contributed by atoms with van der Waals surface area (Å²) in [6.07, 6.45) is 1.24. The van der Waals surface area contributed by atoms with Gasteiger partial charge in [0.05, 0.1) is 0 Å². The Kier molecular flexibility index (Phi) is 6.15. The van der Waals surface area contributed by atoms with Crippen LogP contribution in [0, 0.1) is 0 Å². The van der Waals surface area contributed by atoms with Gasteiger partial charge in [-0.2, -0.15) is 0 Å². The van der Waals surface area contributed by atoms with Crippen LogP contribution < -0.4 is 0 Å². The molecule has 0 heterocycles. The highest BCUT2D eigenvalue weighted by molar-refractivity contribution is 9.72. The summed E-state index contributed by atoms with van der Waals surface area (Å²) in [4.78, 5) is 2.20. The molecule has 62 valence electrons. The summed E-state index contributed by atoms with van der Waals surface area (Å²) in [5, 5.41) is 0. The first kappa shape index (κ1) is 11.6. The highest BCUT2D eigenvalue weighted by atomic mass is 80.0. The Morgan fingerprint density at radius 1 is 1.20 bits per heavy atom. The Morgan fingerprint density at radius 2 is 1.70 bits per heavy atom. The van der Waals surface area contributed by atoms with E-state index >= 15 is 0 Å². The van der Waals surface area contributed by atoms with Gasteiger partial charge in [0, 0.05) is 0 Å². The molecule has 0 aliphatic heterocycles. The molecule has 0 aromatic rings. The predicted octanol–water partition coefficient (Wildman–Crippen LogP) is 3.06. The van der Waals surface area contributed by atoms with Gasteiger partial charge < -0.3 is 4.90 Å². The van der Waals surface area contributed by atoms with E-state index in [1.54, 1.807) is 0 Å². The summed E-state index contributed by atoms with van der Waals surface area (Å²) >= 11 is 10.7. The van der Waals surface area contributed by atoms with Crippen LogP contribution in [-0.4, -0.2) is 29.5 Å². The Balaban J connectivity index is 3.21. The zero-order valence-corrected chi connectivity index (χ0v) is 12.0. The maximum absolute atomic E-state index is 3.58. The lowest BCUT2D eigenvalue weighted by atomic mass is 10.5. The summed E-state index contributed by atoms with van der Waals surface area (Å²) in [5.74, 6) is 0. The van der Waals surface area contributed by atoms with E-state index in [9.17, 15) is 0 Å². The maximum atomic E-state index is 3.58. The molecule has 0 amide bonds. The lowest BCUT2D eigenvalue weighted by Crippen LogP contribution is -2.16. The van der Waals surface area contributed by atoms with Gasteiger partial charge in [-0.1, -0.05) is 45.9 Å². The monoisotopic (exact) mass is 351 g/mol. The molecule has 0 fully saturated rings. The van der Waals surface area contributed by atoms with Gasteiger partial charge in [-0.05, 0) is 33.1 Å². The van der Waals surface area contributed by atoms with E-state index in [2.05, 4.69) is 64.9 Å². The molecule has 0 radical (unpaired) electrons. The van der Waals surface area contributed by atoms with Gasteiger partial charge in [-0.3, -0.25) is 0 Å². The highest BCUT2D eigenvalue weighted by Gasteiger charge is 2.20. The molecule has 0 atom stereocenters. The normalized spacial score (nSPS) is 12.6. The van der Waals surface area contributed by atoms with Crippen LogP contribution in [0.1, 0.15) is 6.42 Å². The van der Waals surface area contributed by atoms with Crippen LogP contribution in [0.4, 0.5) is 0 Å². The van der Waals surface area contributed by atoms with E-state index in [-0.39, 0.29) is 0 Å². The lowest BCUT2D eigenvalue weighted by molar-refractivity contribution is 0.408. The van der Waals surface area contributed by atoms with Crippen molar-refractivity contribution in [3.8, 4) is 0 Å². The molecule has 0 aromatic carbocycles. The van der Waals surface area contributed by atoms with E-state index < -0.39 is 3.93 Å². The maximum Gasteiger partial charge on any atom is 0.267 e. The molecule has 0 aliphatic rings. The molecule has 0 saturated carbocycles. The Bertz CT molecular complexity index is 91.4. The summed E-state index contributed by atoms with van der Waals surface area (Å²) < 4.78 is -1.31. The minimum Gasteiger partial charge on any atom is -0.309 e. The average Bonchev–Trinajstić information content (AvgIpc) is 1.59. The van der Waals surface area contributed by atoms with E-state index in [4.69, 9.17) is 0 Å². The molecule has 0 saturated heterocycles. The summed E-state index contributed by atoms with van der Waals surface area (Å²) in [6, 6.07) is 1.21. The number of halogens is 3. The van der Waals surface area contributed by atoms with Gasteiger partial charge in [0.1, 0.15) is 0 Å². The summed E-state index contributed by atoms with van der Waals surface area (Å²) in [6.45, 7) is 1.16. The van der Waals surface area contributed by atoms with Crippen molar-refractivity contribution < 1.29 is 0 Å². The molecule has 1 nitrogen and oxygen atoms in total. The van der Waals surface area contributed by atoms with Gasteiger partial charge in [-0.15, -0.1) is 0 Å². The Morgan fingerprint density at radius 3 is 2.00 bits per heavy atom. The zero-order chi connectivity index (χ0) is 8.20. The first-order chi connectivity index (χ1) is 4.42. The minimum absolute atomic E-state index is 1.16. The Hall–Kier alpha value is 1.62. The Labute approximate surface area is 87.3 Å². The van der Waals surface area contributed by atoms with Crippen LogP contribution in [-0.2, 0) is 0 Å². The highest BCUT2D eigenvalue weighted by Crippen LogP contribution is 2.32. The van der Waals surface area contributed by atoms with Crippen molar-refractivity contribution >= 4 is 49.8 Å². The van der Waals surface area contributed by atoms with Crippen LogP contribution >= 0.6 is 45.9 Å². The first-order valence-corrected chi connectivity index (χ1v) is 12.1. The summed E-state index contributed by atoms with van der Waals surface area (Å²) in [7, 11) is 4.19. The van der Waals surface area contributed by atoms with E-state index in [0.29, 0.717) is 0 Å². The number of hydrogen-bond acceptors (Lipinski definition) is 1. The van der Waals surface area contributed by atoms with Crippen molar-refractivity contribution in [3.05, 3.63) is 0 Å². The van der Waals surface area contributed by atoms with Gasteiger partial charge in [0.2, 0.25) is 0 Å². The van der Waals surface area contributed by atoms with E-state index in [1.807, 2.05) is 0 Å². The van der Waals surface area contributed by atoms with Crippen LogP contribution in [0.5, 0.6) is 0 Å². The molecule has 10 heavy (non-hydrogen) atoms. The molecular weight excluding hydrogens is 342 g/mol. The van der Waals surface area contributed by atoms with Crippen molar-refractivity contribution in [1.29, 1.82) is 0 Å². The fraction of sp³-hybridized carbons (Fsp3) is 1.00. The molecule has 0 rings (SSSR count). The van der Waals surface area contributed by atoms with Crippen molar-refractivity contribution in [3.63, 3.8) is 0 Å². The molecule has 0 aliphatic carbocycles. The van der Waals surface area contributed by atoms with E-state index in [1.165, 1.54) is 12.5 Å². The molecule has 0 unspecified atom stereocenters. The molecule has 0 bridgehead atoms. The van der Waals surface area contributed by atoms with Gasteiger partial charge in [-0.25, -0.2) is 0 Å². The van der Waals surface area contributed by atoms with Crippen molar-refractivity contribution in [2.45, 2.75) is 12.5 Å². The number of rotatable bonds is 4. The standard InChI is InChI=1S/C5H12Br3NSi/c1-9(2)4-3-5-10(6,7)8/h3-5H2,1-2H3. The second-order valence-electron chi connectivity index (χ2n) is 2.52. The van der Waals surface area contributed by atoms with Gasteiger partial charge in [0.15, 0.2) is 0 Å². The minimum atomic E-state index is -1.31. The van der Waals surface area contributed by atoms with Crippen LogP contribution in [0.15, 0.2) is 0 Å².